The summed E-state index contributed by atoms with van der Waals surface area (Å²) in [5.74, 6) is -1.89. The Morgan fingerprint density at radius 3 is 2.53 bits per heavy atom. The van der Waals surface area contributed by atoms with Crippen LogP contribution in [0.4, 0.5) is 27.6 Å². The van der Waals surface area contributed by atoms with Gasteiger partial charge in [0.05, 0.1) is 17.4 Å². The number of ether oxygens (including phenoxy) is 1. The second-order valence-corrected chi connectivity index (χ2v) is 6.22. The number of hydrogen-bond acceptors (Lipinski definition) is 5. The van der Waals surface area contributed by atoms with Crippen molar-refractivity contribution in [3.8, 4) is 11.6 Å². The fraction of sp³-hybridized carbons (Fsp3) is 0.167. The lowest BCUT2D eigenvalue weighted by Gasteiger charge is -2.11. The molecule has 0 amide bonds. The van der Waals surface area contributed by atoms with Crippen molar-refractivity contribution in [2.45, 2.75) is 6.18 Å². The summed E-state index contributed by atoms with van der Waals surface area (Å²) in [7, 11) is 0. The quantitative estimate of drug-likeness (QED) is 0.456. The topological polar surface area (TPSA) is 69.0 Å². The van der Waals surface area contributed by atoms with Gasteiger partial charge in [-0.3, -0.25) is 4.79 Å². The number of halogens is 6. The molecule has 1 aromatic carbocycles. The Hall–Kier alpha value is -3.21. The molecule has 1 N–H and O–H groups in total. The molecule has 0 atom stereocenters. The van der Waals surface area contributed by atoms with Crippen LogP contribution in [-0.2, 0) is 6.18 Å². The molecule has 3 rings (SSSR count). The monoisotopic (exact) mass is 446 g/mol. The third-order valence-corrected chi connectivity index (χ3v) is 4.15. The average Bonchev–Trinajstić information content (AvgIpc) is 2.69. The van der Waals surface area contributed by atoms with Crippen molar-refractivity contribution in [3.05, 3.63) is 75.3 Å². The Morgan fingerprint density at radius 1 is 1.13 bits per heavy atom. The zero-order valence-electron chi connectivity index (χ0n) is 14.9. The second kappa shape index (κ2) is 8.66. The van der Waals surface area contributed by atoms with Gasteiger partial charge in [-0.1, -0.05) is 11.6 Å². The molecule has 0 radical (unpaired) electrons. The van der Waals surface area contributed by atoms with Crippen molar-refractivity contribution in [3.63, 3.8) is 0 Å². The maximum Gasteiger partial charge on any atom is 0.417 e. The third-order valence-electron chi connectivity index (χ3n) is 3.78. The molecule has 2 aromatic heterocycles. The maximum atomic E-state index is 13.5. The van der Waals surface area contributed by atoms with E-state index in [0.717, 1.165) is 28.9 Å². The molecular formula is C18H12ClF5N4O2. The van der Waals surface area contributed by atoms with E-state index >= 15 is 0 Å². The van der Waals surface area contributed by atoms with Crippen LogP contribution in [-0.4, -0.2) is 27.9 Å². The van der Waals surface area contributed by atoms with Crippen molar-refractivity contribution in [1.29, 1.82) is 0 Å². The SMILES string of the molecule is O=c1c(Cl)c(NCCOc2ccc(F)cc2F)cnn1-c1ccc(C(F)(F)F)cn1. The van der Waals surface area contributed by atoms with E-state index in [1.54, 1.807) is 0 Å². The molecule has 0 saturated heterocycles. The summed E-state index contributed by atoms with van der Waals surface area (Å²) < 4.78 is 70.1. The van der Waals surface area contributed by atoms with Gasteiger partial charge in [0.2, 0.25) is 0 Å². The van der Waals surface area contributed by atoms with Crippen LogP contribution in [0.3, 0.4) is 0 Å². The summed E-state index contributed by atoms with van der Waals surface area (Å²) in [6.07, 6.45) is -2.80. The highest BCUT2D eigenvalue weighted by molar-refractivity contribution is 6.32. The third kappa shape index (κ3) is 4.85. The molecule has 0 unspecified atom stereocenters. The van der Waals surface area contributed by atoms with Crippen LogP contribution in [0.25, 0.3) is 5.82 Å². The number of nitrogens with one attached hydrogen (secondary N) is 1. The van der Waals surface area contributed by atoms with E-state index in [-0.39, 0.29) is 35.4 Å². The van der Waals surface area contributed by atoms with Crippen LogP contribution in [0.5, 0.6) is 5.75 Å². The van der Waals surface area contributed by atoms with Crippen LogP contribution < -0.4 is 15.6 Å². The molecule has 0 fully saturated rings. The normalized spacial score (nSPS) is 11.4. The van der Waals surface area contributed by atoms with Gasteiger partial charge < -0.3 is 10.1 Å². The van der Waals surface area contributed by atoms with E-state index in [1.807, 2.05) is 0 Å². The molecule has 6 nitrogen and oxygen atoms in total. The van der Waals surface area contributed by atoms with E-state index in [2.05, 4.69) is 15.4 Å². The van der Waals surface area contributed by atoms with E-state index in [0.29, 0.717) is 12.3 Å². The first-order valence-electron chi connectivity index (χ1n) is 8.30. The van der Waals surface area contributed by atoms with Gasteiger partial charge in [-0.15, -0.1) is 0 Å². The van der Waals surface area contributed by atoms with Gasteiger partial charge in [0.15, 0.2) is 17.4 Å². The number of nitrogens with zero attached hydrogens (tertiary/aromatic N) is 3. The molecule has 0 spiro atoms. The number of hydrogen-bond donors (Lipinski definition) is 1. The number of pyridine rings is 1. The molecule has 0 bridgehead atoms. The summed E-state index contributed by atoms with van der Waals surface area (Å²) in [4.78, 5) is 15.9. The van der Waals surface area contributed by atoms with E-state index in [4.69, 9.17) is 16.3 Å². The second-order valence-electron chi connectivity index (χ2n) is 5.84. The highest BCUT2D eigenvalue weighted by Gasteiger charge is 2.30. The first-order valence-corrected chi connectivity index (χ1v) is 8.68. The Morgan fingerprint density at radius 2 is 1.90 bits per heavy atom. The fourth-order valence-electron chi connectivity index (χ4n) is 2.34. The Labute approximate surface area is 170 Å². The first kappa shape index (κ1) is 21.5. The zero-order valence-corrected chi connectivity index (χ0v) is 15.6. The minimum atomic E-state index is -4.56. The minimum absolute atomic E-state index is 0.0393. The molecule has 2 heterocycles. The van der Waals surface area contributed by atoms with Crippen LogP contribution in [0.15, 0.2) is 47.5 Å². The van der Waals surface area contributed by atoms with Crippen LogP contribution in [0.1, 0.15) is 5.56 Å². The van der Waals surface area contributed by atoms with Gasteiger partial charge in [-0.2, -0.15) is 23.0 Å². The highest BCUT2D eigenvalue weighted by Crippen LogP contribution is 2.28. The van der Waals surface area contributed by atoms with Crippen LogP contribution >= 0.6 is 11.6 Å². The number of benzene rings is 1. The molecule has 158 valence electrons. The van der Waals surface area contributed by atoms with E-state index in [9.17, 15) is 26.7 Å². The van der Waals surface area contributed by atoms with Gasteiger partial charge in [-0.05, 0) is 24.3 Å². The molecule has 0 aliphatic heterocycles. The molecule has 0 saturated carbocycles. The molecule has 3 aromatic rings. The van der Waals surface area contributed by atoms with Crippen LogP contribution in [0, 0.1) is 11.6 Å². The number of alkyl halides is 3. The maximum absolute atomic E-state index is 13.5. The first-order chi connectivity index (χ1) is 14.2. The summed E-state index contributed by atoms with van der Waals surface area (Å²) >= 11 is 6.00. The van der Waals surface area contributed by atoms with Crippen molar-refractivity contribution in [2.75, 3.05) is 18.5 Å². The van der Waals surface area contributed by atoms with Gasteiger partial charge >= 0.3 is 6.18 Å². The Balaban J connectivity index is 1.67. The molecular weight excluding hydrogens is 435 g/mol. The molecule has 30 heavy (non-hydrogen) atoms. The smallest absolute Gasteiger partial charge is 0.417 e. The van der Waals surface area contributed by atoms with Crippen molar-refractivity contribution in [1.82, 2.24) is 14.8 Å². The lowest BCUT2D eigenvalue weighted by Crippen LogP contribution is -2.24. The Kier molecular flexibility index (Phi) is 6.20. The number of anilines is 1. The molecule has 0 aliphatic rings. The standard InChI is InChI=1S/C18H12ClF5N4O2/c19-16-13(25-5-6-30-14-3-2-11(20)7-12(14)21)9-27-28(17(16)29)15-4-1-10(8-26-15)18(22,23)24/h1-4,7-9,25H,5-6H2. The van der Waals surface area contributed by atoms with Crippen molar-refractivity contribution < 1.29 is 26.7 Å². The predicted octanol–water partition coefficient (Wildman–Crippen LogP) is 4.07. The van der Waals surface area contributed by atoms with E-state index in [1.165, 1.54) is 6.20 Å². The number of rotatable bonds is 6. The summed E-state index contributed by atoms with van der Waals surface area (Å²) in [6, 6.07) is 4.62. The average molecular weight is 447 g/mol. The number of aromatic nitrogens is 3. The highest BCUT2D eigenvalue weighted by atomic mass is 35.5. The predicted molar refractivity (Wildman–Crippen MR) is 98.0 cm³/mol. The summed E-state index contributed by atoms with van der Waals surface area (Å²) in [5.41, 5.74) is -1.64. The van der Waals surface area contributed by atoms with Gasteiger partial charge in [0.25, 0.3) is 5.56 Å². The van der Waals surface area contributed by atoms with Crippen molar-refractivity contribution in [2.24, 2.45) is 0 Å². The Bertz CT molecular complexity index is 1100. The lowest BCUT2D eigenvalue weighted by atomic mass is 10.3. The van der Waals surface area contributed by atoms with Gasteiger partial charge in [0.1, 0.15) is 17.4 Å². The largest absolute Gasteiger partial charge is 0.489 e. The fourth-order valence-corrected chi connectivity index (χ4v) is 2.53. The minimum Gasteiger partial charge on any atom is -0.489 e. The van der Waals surface area contributed by atoms with Gasteiger partial charge in [0, 0.05) is 18.8 Å². The zero-order chi connectivity index (χ0) is 21.9. The summed E-state index contributed by atoms with van der Waals surface area (Å²) in [6.45, 7) is 0.0582. The van der Waals surface area contributed by atoms with Crippen LogP contribution in [0.2, 0.25) is 5.02 Å². The van der Waals surface area contributed by atoms with Crippen molar-refractivity contribution >= 4 is 17.3 Å². The van der Waals surface area contributed by atoms with Gasteiger partial charge in [-0.25, -0.2) is 13.8 Å². The lowest BCUT2D eigenvalue weighted by molar-refractivity contribution is -0.137. The summed E-state index contributed by atoms with van der Waals surface area (Å²) in [5, 5.41) is 6.32. The van der Waals surface area contributed by atoms with E-state index < -0.39 is 28.9 Å². The molecule has 0 aliphatic carbocycles. The molecule has 12 heteroatoms.